The van der Waals surface area contributed by atoms with Crippen LogP contribution in [-0.2, 0) is 9.84 Å². The minimum absolute atomic E-state index is 0.245. The number of thiophene rings is 1. The predicted molar refractivity (Wildman–Crippen MR) is 75.5 cm³/mol. The van der Waals surface area contributed by atoms with E-state index in [1.165, 1.54) is 17.6 Å². The Morgan fingerprint density at radius 2 is 1.89 bits per heavy atom. The quantitative estimate of drug-likeness (QED) is 0.718. The number of rotatable bonds is 2. The molecule has 0 aliphatic heterocycles. The summed E-state index contributed by atoms with van der Waals surface area (Å²) in [4.78, 5) is 1.22. The molecule has 0 fully saturated rings. The molecule has 2 aromatic heterocycles. The number of aryl methyl sites for hydroxylation is 2. The van der Waals surface area contributed by atoms with E-state index in [2.05, 4.69) is 0 Å². The molecule has 0 bridgehead atoms. The molecule has 0 spiro atoms. The maximum absolute atomic E-state index is 12.7. The normalized spacial score (nSPS) is 12.1. The van der Waals surface area contributed by atoms with Crippen LogP contribution in [0.5, 0.6) is 0 Å². The van der Waals surface area contributed by atoms with Gasteiger partial charge in [-0.3, -0.25) is 0 Å². The molecular weight excluding hydrogens is 280 g/mol. The van der Waals surface area contributed by atoms with Gasteiger partial charge in [-0.2, -0.15) is 0 Å². The summed E-state index contributed by atoms with van der Waals surface area (Å²) in [5.74, 6) is 0. The van der Waals surface area contributed by atoms with E-state index in [9.17, 15) is 8.42 Å². The van der Waals surface area contributed by atoms with E-state index in [-0.39, 0.29) is 4.90 Å². The molecule has 1 aromatic carbocycles. The first-order chi connectivity index (χ1) is 8.98. The van der Waals surface area contributed by atoms with Gasteiger partial charge in [-0.15, -0.1) is 11.3 Å². The van der Waals surface area contributed by atoms with E-state index in [1.807, 2.05) is 26.0 Å². The van der Waals surface area contributed by atoms with E-state index in [0.717, 1.165) is 15.8 Å². The molecule has 0 atom stereocenters. The summed E-state index contributed by atoms with van der Waals surface area (Å²) >= 11 is 1.28. The topological polar surface area (TPSA) is 47.3 Å². The second-order valence-electron chi connectivity index (χ2n) is 4.47. The number of hydrogen-bond acceptors (Lipinski definition) is 4. The second kappa shape index (κ2) is 4.21. The average molecular weight is 292 g/mol. The van der Waals surface area contributed by atoms with Crippen molar-refractivity contribution in [1.29, 1.82) is 0 Å². The van der Waals surface area contributed by atoms with Gasteiger partial charge in [0.1, 0.15) is 9.10 Å². The van der Waals surface area contributed by atoms with Crippen molar-refractivity contribution in [2.75, 3.05) is 0 Å². The summed E-state index contributed by atoms with van der Waals surface area (Å²) in [6.45, 7) is 3.77. The van der Waals surface area contributed by atoms with E-state index in [1.54, 1.807) is 18.2 Å². The van der Waals surface area contributed by atoms with Gasteiger partial charge in [-0.05, 0) is 49.7 Å². The van der Waals surface area contributed by atoms with Gasteiger partial charge < -0.3 is 4.42 Å². The van der Waals surface area contributed by atoms with Crippen LogP contribution in [0.1, 0.15) is 10.4 Å². The van der Waals surface area contributed by atoms with Crippen LogP contribution in [-0.4, -0.2) is 8.42 Å². The van der Waals surface area contributed by atoms with Gasteiger partial charge in [-0.25, -0.2) is 8.42 Å². The van der Waals surface area contributed by atoms with Crippen molar-refractivity contribution in [1.82, 2.24) is 0 Å². The Kier molecular flexibility index (Phi) is 2.76. The summed E-state index contributed by atoms with van der Waals surface area (Å²) < 4.78 is 31.0. The lowest BCUT2D eigenvalue weighted by Crippen LogP contribution is -2.00. The fourth-order valence-corrected chi connectivity index (χ4v) is 4.96. The van der Waals surface area contributed by atoms with Gasteiger partial charge in [0.05, 0.1) is 6.26 Å². The predicted octanol–water partition coefficient (Wildman–Crippen LogP) is 3.94. The Hall–Kier alpha value is -1.59. The maximum atomic E-state index is 12.7. The van der Waals surface area contributed by atoms with Crippen molar-refractivity contribution < 1.29 is 12.8 Å². The second-order valence-corrected chi connectivity index (χ2v) is 7.90. The first kappa shape index (κ1) is 12.4. The number of benzene rings is 1. The summed E-state index contributed by atoms with van der Waals surface area (Å²) in [6, 6.07) is 8.81. The average Bonchev–Trinajstić information content (AvgIpc) is 2.96. The third kappa shape index (κ3) is 1.99. The smallest absolute Gasteiger partial charge is 0.219 e. The van der Waals surface area contributed by atoms with Crippen LogP contribution < -0.4 is 0 Å². The van der Waals surface area contributed by atoms with E-state index in [0.29, 0.717) is 9.79 Å². The zero-order valence-electron chi connectivity index (χ0n) is 10.5. The standard InChI is InChI=1S/C14H12O3S2/c1-9-7-11-5-6-17-14(11)12(8-9)19(15,16)13-4-3-10(2)18-13/h3-8H,1-2H3. The summed E-state index contributed by atoms with van der Waals surface area (Å²) in [5, 5.41) is 0.812. The fourth-order valence-electron chi connectivity index (χ4n) is 2.06. The Morgan fingerprint density at radius 1 is 1.11 bits per heavy atom. The lowest BCUT2D eigenvalue weighted by molar-refractivity contribution is 0.586. The van der Waals surface area contributed by atoms with Crippen molar-refractivity contribution in [2.45, 2.75) is 23.0 Å². The van der Waals surface area contributed by atoms with Crippen LogP contribution in [0.4, 0.5) is 0 Å². The highest BCUT2D eigenvalue weighted by Gasteiger charge is 2.24. The molecule has 0 aliphatic carbocycles. The number of furan rings is 1. The lowest BCUT2D eigenvalue weighted by atomic mass is 10.2. The number of sulfone groups is 1. The monoisotopic (exact) mass is 292 g/mol. The van der Waals surface area contributed by atoms with Crippen LogP contribution in [0.3, 0.4) is 0 Å². The molecule has 0 aliphatic rings. The largest absolute Gasteiger partial charge is 0.463 e. The third-order valence-electron chi connectivity index (χ3n) is 2.93. The molecule has 3 nitrogen and oxygen atoms in total. The number of hydrogen-bond donors (Lipinski definition) is 0. The fraction of sp³-hybridized carbons (Fsp3) is 0.143. The SMILES string of the molecule is Cc1cc(S(=O)(=O)c2ccc(C)s2)c2occc2c1. The Labute approximate surface area is 115 Å². The van der Waals surface area contributed by atoms with Crippen molar-refractivity contribution in [3.8, 4) is 0 Å². The van der Waals surface area contributed by atoms with E-state index in [4.69, 9.17) is 4.42 Å². The molecule has 0 N–H and O–H groups in total. The molecule has 3 rings (SSSR count). The van der Waals surface area contributed by atoms with E-state index < -0.39 is 9.84 Å². The van der Waals surface area contributed by atoms with Crippen molar-refractivity contribution in [3.05, 3.63) is 47.0 Å². The van der Waals surface area contributed by atoms with Gasteiger partial charge >= 0.3 is 0 Å². The Morgan fingerprint density at radius 3 is 2.58 bits per heavy atom. The highest BCUT2D eigenvalue weighted by atomic mass is 32.2. The first-order valence-electron chi connectivity index (χ1n) is 5.78. The highest BCUT2D eigenvalue weighted by Crippen LogP contribution is 2.33. The molecule has 3 aromatic rings. The Balaban J connectivity index is 2.32. The van der Waals surface area contributed by atoms with Crippen LogP contribution in [0.15, 0.2) is 50.1 Å². The van der Waals surface area contributed by atoms with Crippen LogP contribution in [0.2, 0.25) is 0 Å². The number of fused-ring (bicyclic) bond motifs is 1. The van der Waals surface area contributed by atoms with Crippen LogP contribution in [0.25, 0.3) is 11.0 Å². The van der Waals surface area contributed by atoms with Gasteiger partial charge in [-0.1, -0.05) is 0 Å². The molecule has 0 unspecified atom stereocenters. The maximum Gasteiger partial charge on any atom is 0.219 e. The summed E-state index contributed by atoms with van der Waals surface area (Å²) in [6.07, 6.45) is 1.52. The molecule has 0 saturated heterocycles. The molecule has 2 heterocycles. The first-order valence-corrected chi connectivity index (χ1v) is 8.08. The van der Waals surface area contributed by atoms with Gasteiger partial charge in [0.25, 0.3) is 0 Å². The summed E-state index contributed by atoms with van der Waals surface area (Å²) in [7, 11) is -3.51. The zero-order chi connectivity index (χ0) is 13.6. The van der Waals surface area contributed by atoms with Gasteiger partial charge in [0.15, 0.2) is 5.58 Å². The molecule has 0 saturated carbocycles. The highest BCUT2D eigenvalue weighted by molar-refractivity contribution is 7.93. The third-order valence-corrected chi connectivity index (χ3v) is 6.18. The minimum atomic E-state index is -3.51. The molecule has 0 amide bonds. The molecule has 5 heteroatoms. The lowest BCUT2D eigenvalue weighted by Gasteiger charge is -2.04. The Bertz CT molecular complexity index is 854. The van der Waals surface area contributed by atoms with Crippen LogP contribution in [0, 0.1) is 13.8 Å². The van der Waals surface area contributed by atoms with Gasteiger partial charge in [0, 0.05) is 10.3 Å². The van der Waals surface area contributed by atoms with Crippen molar-refractivity contribution >= 4 is 32.1 Å². The molecule has 19 heavy (non-hydrogen) atoms. The van der Waals surface area contributed by atoms with Crippen LogP contribution >= 0.6 is 11.3 Å². The molecule has 0 radical (unpaired) electrons. The molecular formula is C14H12O3S2. The van der Waals surface area contributed by atoms with E-state index >= 15 is 0 Å². The van der Waals surface area contributed by atoms with Crippen molar-refractivity contribution in [2.24, 2.45) is 0 Å². The minimum Gasteiger partial charge on any atom is -0.463 e. The zero-order valence-corrected chi connectivity index (χ0v) is 12.1. The van der Waals surface area contributed by atoms with Gasteiger partial charge in [0.2, 0.25) is 9.84 Å². The van der Waals surface area contributed by atoms with Crippen molar-refractivity contribution in [3.63, 3.8) is 0 Å². The summed E-state index contributed by atoms with van der Waals surface area (Å²) in [5.41, 5.74) is 1.33. The molecule has 98 valence electrons.